The lowest BCUT2D eigenvalue weighted by molar-refractivity contribution is -0.131. The third kappa shape index (κ3) is 5.60. The minimum Gasteiger partial charge on any atom is -0.368 e. The van der Waals surface area contributed by atoms with Crippen molar-refractivity contribution in [2.24, 2.45) is 5.92 Å². The number of nitrogens with zero attached hydrogens (tertiary/aromatic N) is 3. The Morgan fingerprint density at radius 1 is 0.867 bits per heavy atom. The van der Waals surface area contributed by atoms with Crippen molar-refractivity contribution in [3.63, 3.8) is 0 Å². The van der Waals surface area contributed by atoms with Crippen molar-refractivity contribution in [3.05, 3.63) is 66.0 Å². The van der Waals surface area contributed by atoms with Gasteiger partial charge in [0.2, 0.25) is 5.91 Å². The van der Waals surface area contributed by atoms with Crippen LogP contribution in [-0.4, -0.2) is 61.5 Å². The zero-order valence-electron chi connectivity index (χ0n) is 17.7. The van der Waals surface area contributed by atoms with Gasteiger partial charge in [0.15, 0.2) is 0 Å². The van der Waals surface area contributed by atoms with Crippen LogP contribution in [0.3, 0.4) is 0 Å². The minimum atomic E-state index is -0.167. The average Bonchev–Trinajstić information content (AvgIpc) is 2.80. The molecule has 0 aromatic heterocycles. The second-order valence-electron chi connectivity index (χ2n) is 8.57. The topological polar surface area (TPSA) is 26.8 Å². The maximum absolute atomic E-state index is 13.1. The summed E-state index contributed by atoms with van der Waals surface area (Å²) in [5, 5.41) is 0. The van der Waals surface area contributed by atoms with Gasteiger partial charge < -0.3 is 14.7 Å². The molecule has 4 rings (SSSR count). The van der Waals surface area contributed by atoms with Crippen molar-refractivity contribution < 1.29 is 9.18 Å². The molecule has 2 aromatic rings. The normalized spacial score (nSPS) is 18.6. The van der Waals surface area contributed by atoms with E-state index in [1.54, 1.807) is 12.1 Å². The Morgan fingerprint density at radius 2 is 1.53 bits per heavy atom. The summed E-state index contributed by atoms with van der Waals surface area (Å²) < 4.78 is 13.1. The number of para-hydroxylation sites is 1. The van der Waals surface area contributed by atoms with E-state index in [4.69, 9.17) is 0 Å². The number of piperidine rings is 1. The Bertz CT molecular complexity index is 795. The lowest BCUT2D eigenvalue weighted by Crippen LogP contribution is -2.49. The molecule has 0 spiro atoms. The van der Waals surface area contributed by atoms with Crippen molar-refractivity contribution in [2.75, 3.05) is 50.7 Å². The van der Waals surface area contributed by atoms with Crippen LogP contribution < -0.4 is 4.90 Å². The molecule has 0 saturated carbocycles. The van der Waals surface area contributed by atoms with E-state index >= 15 is 0 Å². The van der Waals surface area contributed by atoms with Crippen LogP contribution in [-0.2, 0) is 11.2 Å². The van der Waals surface area contributed by atoms with Gasteiger partial charge in [-0.25, -0.2) is 4.39 Å². The number of carbonyl (C=O) groups excluding carboxylic acids is 1. The summed E-state index contributed by atoms with van der Waals surface area (Å²) in [6.07, 6.45) is 3.95. The van der Waals surface area contributed by atoms with Crippen molar-refractivity contribution >= 4 is 11.6 Å². The number of hydrogen-bond acceptors (Lipinski definition) is 3. The summed E-state index contributed by atoms with van der Waals surface area (Å²) in [6, 6.07) is 17.3. The highest BCUT2D eigenvalue weighted by atomic mass is 19.1. The number of piperazine rings is 1. The Hall–Kier alpha value is -2.40. The fraction of sp³-hybridized carbons (Fsp3) is 0.480. The molecular formula is C25H32FN3O. The molecule has 0 atom stereocenters. The van der Waals surface area contributed by atoms with Gasteiger partial charge in [-0.3, -0.25) is 4.79 Å². The Morgan fingerprint density at radius 3 is 2.20 bits per heavy atom. The van der Waals surface area contributed by atoms with Gasteiger partial charge in [0.05, 0.1) is 0 Å². The summed E-state index contributed by atoms with van der Waals surface area (Å²) >= 11 is 0. The molecule has 0 unspecified atom stereocenters. The highest BCUT2D eigenvalue weighted by Gasteiger charge is 2.23. The van der Waals surface area contributed by atoms with E-state index < -0.39 is 0 Å². The smallest absolute Gasteiger partial charge is 0.223 e. The number of anilines is 1. The van der Waals surface area contributed by atoms with Gasteiger partial charge >= 0.3 is 0 Å². The largest absolute Gasteiger partial charge is 0.368 e. The maximum Gasteiger partial charge on any atom is 0.223 e. The average molecular weight is 410 g/mol. The summed E-state index contributed by atoms with van der Waals surface area (Å²) in [7, 11) is 0. The number of carbonyl (C=O) groups is 1. The van der Waals surface area contributed by atoms with Crippen LogP contribution in [0, 0.1) is 11.7 Å². The second kappa shape index (κ2) is 10.1. The predicted octanol–water partition coefficient (Wildman–Crippen LogP) is 3.82. The number of amides is 1. The first-order valence-electron chi connectivity index (χ1n) is 11.2. The third-order valence-corrected chi connectivity index (χ3v) is 6.54. The van der Waals surface area contributed by atoms with E-state index in [0.29, 0.717) is 12.3 Å². The SMILES string of the molecule is O=C(CCN1CCC(Cc2ccc(F)cc2)CC1)N1CCN(c2ccccc2)CC1. The fourth-order valence-electron chi connectivity index (χ4n) is 4.63. The van der Waals surface area contributed by atoms with Crippen LogP contribution in [0.25, 0.3) is 0 Å². The van der Waals surface area contributed by atoms with Gasteiger partial charge in [-0.1, -0.05) is 30.3 Å². The Kier molecular flexibility index (Phi) is 7.00. The second-order valence-corrected chi connectivity index (χ2v) is 8.57. The van der Waals surface area contributed by atoms with Crippen LogP contribution in [0.1, 0.15) is 24.8 Å². The molecular weight excluding hydrogens is 377 g/mol. The molecule has 0 radical (unpaired) electrons. The van der Waals surface area contributed by atoms with Crippen LogP contribution >= 0.6 is 0 Å². The van der Waals surface area contributed by atoms with Crippen LogP contribution in [0.2, 0.25) is 0 Å². The first-order valence-corrected chi connectivity index (χ1v) is 11.2. The molecule has 2 heterocycles. The van der Waals surface area contributed by atoms with Gasteiger partial charge in [0, 0.05) is 44.8 Å². The summed E-state index contributed by atoms with van der Waals surface area (Å²) in [5.74, 6) is 0.782. The number of rotatable bonds is 6. The van der Waals surface area contributed by atoms with Crippen LogP contribution in [0.15, 0.2) is 54.6 Å². The first-order chi connectivity index (χ1) is 14.7. The number of benzene rings is 2. The number of halogens is 1. The Labute approximate surface area is 179 Å². The van der Waals surface area contributed by atoms with E-state index in [1.165, 1.54) is 11.3 Å². The zero-order valence-corrected chi connectivity index (χ0v) is 17.7. The number of likely N-dealkylation sites (tertiary alicyclic amines) is 1. The number of hydrogen-bond donors (Lipinski definition) is 0. The minimum absolute atomic E-state index is 0.167. The first kappa shape index (κ1) is 20.9. The standard InChI is InChI=1S/C25H32FN3O/c26-23-8-6-21(7-9-23)20-22-10-13-27(14-11-22)15-12-25(30)29-18-16-28(17-19-29)24-4-2-1-3-5-24/h1-9,22H,10-20H2. The molecule has 2 aliphatic heterocycles. The van der Waals surface area contributed by atoms with Crippen molar-refractivity contribution in [1.29, 1.82) is 0 Å². The molecule has 30 heavy (non-hydrogen) atoms. The molecule has 2 saturated heterocycles. The molecule has 0 aliphatic carbocycles. The summed E-state index contributed by atoms with van der Waals surface area (Å²) in [5.41, 5.74) is 2.47. The van der Waals surface area contributed by atoms with Gasteiger partial charge in [-0.15, -0.1) is 0 Å². The lowest BCUT2D eigenvalue weighted by Gasteiger charge is -2.37. The van der Waals surface area contributed by atoms with E-state index in [0.717, 1.165) is 65.1 Å². The van der Waals surface area contributed by atoms with Gasteiger partial charge in [-0.2, -0.15) is 0 Å². The van der Waals surface area contributed by atoms with Crippen LogP contribution in [0.4, 0.5) is 10.1 Å². The molecule has 5 heteroatoms. The summed E-state index contributed by atoms with van der Waals surface area (Å²) in [4.78, 5) is 19.5. The molecule has 2 fully saturated rings. The van der Waals surface area contributed by atoms with Crippen molar-refractivity contribution in [2.45, 2.75) is 25.7 Å². The molecule has 160 valence electrons. The van der Waals surface area contributed by atoms with Gasteiger partial charge in [-0.05, 0) is 68.1 Å². The molecule has 0 bridgehead atoms. The molecule has 2 aliphatic rings. The molecule has 2 aromatic carbocycles. The van der Waals surface area contributed by atoms with Crippen molar-refractivity contribution in [3.8, 4) is 0 Å². The fourth-order valence-corrected chi connectivity index (χ4v) is 4.63. The van der Waals surface area contributed by atoms with E-state index in [9.17, 15) is 9.18 Å². The maximum atomic E-state index is 13.1. The Balaban J connectivity index is 1.14. The highest BCUT2D eigenvalue weighted by Crippen LogP contribution is 2.22. The molecule has 0 N–H and O–H groups in total. The van der Waals surface area contributed by atoms with Gasteiger partial charge in [0.1, 0.15) is 5.82 Å². The monoisotopic (exact) mass is 409 g/mol. The van der Waals surface area contributed by atoms with Crippen LogP contribution in [0.5, 0.6) is 0 Å². The van der Waals surface area contributed by atoms with Gasteiger partial charge in [0.25, 0.3) is 0 Å². The predicted molar refractivity (Wildman–Crippen MR) is 119 cm³/mol. The zero-order chi connectivity index (χ0) is 20.8. The lowest BCUT2D eigenvalue weighted by atomic mass is 9.90. The highest BCUT2D eigenvalue weighted by molar-refractivity contribution is 5.76. The van der Waals surface area contributed by atoms with E-state index in [-0.39, 0.29) is 11.7 Å². The molecule has 1 amide bonds. The quantitative estimate of drug-likeness (QED) is 0.726. The third-order valence-electron chi connectivity index (χ3n) is 6.54. The summed E-state index contributed by atoms with van der Waals surface area (Å²) in [6.45, 7) is 6.42. The van der Waals surface area contributed by atoms with E-state index in [2.05, 4.69) is 34.1 Å². The van der Waals surface area contributed by atoms with Crippen molar-refractivity contribution in [1.82, 2.24) is 9.80 Å². The van der Waals surface area contributed by atoms with E-state index in [1.807, 2.05) is 23.1 Å². The molecule has 4 nitrogen and oxygen atoms in total.